The summed E-state index contributed by atoms with van der Waals surface area (Å²) in [5.74, 6) is 0.592. The maximum absolute atomic E-state index is 12.6. The Morgan fingerprint density at radius 1 is 1.42 bits per heavy atom. The van der Waals surface area contributed by atoms with Gasteiger partial charge in [-0.15, -0.1) is 0 Å². The molecule has 0 radical (unpaired) electrons. The molecule has 1 aromatic rings. The molecule has 3 nitrogen and oxygen atoms in total. The van der Waals surface area contributed by atoms with Gasteiger partial charge in [0.25, 0.3) is 5.91 Å². The standard InChI is InChI=1S/C15H17BrN2O/c1-2-13-12-4-3-5-14(12)18(17-13)15(19)10-6-8-11(16)9-7-10/h3,5-9,12-14,17H,2,4H2,1H3/t12-,13+,14-/m0/s1. The fraction of sp³-hybridized carbons (Fsp3) is 0.400. The second-order valence-electron chi connectivity index (χ2n) is 5.14. The number of carbonyl (C=O) groups excluding carboxylic acids is 1. The van der Waals surface area contributed by atoms with E-state index in [1.54, 1.807) is 0 Å². The van der Waals surface area contributed by atoms with Crippen LogP contribution in [0.5, 0.6) is 0 Å². The van der Waals surface area contributed by atoms with E-state index in [2.05, 4.69) is 40.4 Å². The lowest BCUT2D eigenvalue weighted by atomic mass is 9.94. The van der Waals surface area contributed by atoms with Crippen molar-refractivity contribution >= 4 is 21.8 Å². The van der Waals surface area contributed by atoms with Gasteiger partial charge in [0.05, 0.1) is 6.04 Å². The summed E-state index contributed by atoms with van der Waals surface area (Å²) in [6, 6.07) is 8.15. The van der Waals surface area contributed by atoms with Crippen molar-refractivity contribution < 1.29 is 4.79 Å². The molecular weight excluding hydrogens is 304 g/mol. The summed E-state index contributed by atoms with van der Waals surface area (Å²) >= 11 is 3.39. The number of fused-ring (bicyclic) bond motifs is 1. The minimum Gasteiger partial charge on any atom is -0.268 e. The van der Waals surface area contributed by atoms with Gasteiger partial charge >= 0.3 is 0 Å². The number of hydrogen-bond donors (Lipinski definition) is 1. The maximum atomic E-state index is 12.6. The van der Waals surface area contributed by atoms with Crippen LogP contribution in [0, 0.1) is 5.92 Å². The first-order valence-electron chi connectivity index (χ1n) is 6.72. The van der Waals surface area contributed by atoms with Crippen LogP contribution in [-0.2, 0) is 0 Å². The number of hydrogen-bond acceptors (Lipinski definition) is 2. The molecule has 1 heterocycles. The molecule has 1 aliphatic heterocycles. The molecule has 19 heavy (non-hydrogen) atoms. The predicted molar refractivity (Wildman–Crippen MR) is 78.6 cm³/mol. The SMILES string of the molecule is CC[C@H]1NN(C(=O)c2ccc(Br)cc2)[C@H]2C=CC[C@@H]12. The van der Waals surface area contributed by atoms with E-state index in [1.807, 2.05) is 29.3 Å². The van der Waals surface area contributed by atoms with Crippen molar-refractivity contribution in [3.63, 3.8) is 0 Å². The second kappa shape index (κ2) is 5.10. The van der Waals surface area contributed by atoms with E-state index in [0.717, 1.165) is 22.9 Å². The van der Waals surface area contributed by atoms with Crippen molar-refractivity contribution in [1.82, 2.24) is 10.4 Å². The van der Waals surface area contributed by atoms with Gasteiger partial charge in [-0.1, -0.05) is 35.0 Å². The summed E-state index contributed by atoms with van der Waals surface area (Å²) in [4.78, 5) is 12.6. The van der Waals surface area contributed by atoms with E-state index in [9.17, 15) is 4.79 Å². The molecule has 3 atom stereocenters. The molecule has 0 saturated carbocycles. The fourth-order valence-electron chi connectivity index (χ4n) is 3.02. The molecule has 0 aromatic heterocycles. The minimum atomic E-state index is 0.0602. The zero-order chi connectivity index (χ0) is 13.4. The van der Waals surface area contributed by atoms with Crippen LogP contribution in [0.4, 0.5) is 0 Å². The molecule has 3 rings (SSSR count). The molecule has 1 aliphatic carbocycles. The number of carbonyl (C=O) groups is 1. The largest absolute Gasteiger partial charge is 0.268 e. The molecule has 1 fully saturated rings. The second-order valence-corrected chi connectivity index (χ2v) is 6.06. The van der Waals surface area contributed by atoms with Gasteiger partial charge in [-0.25, -0.2) is 5.43 Å². The molecule has 2 aliphatic rings. The lowest BCUT2D eigenvalue weighted by Gasteiger charge is -2.22. The number of hydrazine groups is 1. The average Bonchev–Trinajstić information content (AvgIpc) is 3.00. The third-order valence-corrected chi connectivity index (χ3v) is 4.58. The molecule has 1 amide bonds. The monoisotopic (exact) mass is 320 g/mol. The topological polar surface area (TPSA) is 32.3 Å². The Hall–Kier alpha value is -1.13. The third kappa shape index (κ3) is 2.23. The van der Waals surface area contributed by atoms with E-state index >= 15 is 0 Å². The predicted octanol–water partition coefficient (Wildman–Crippen LogP) is 3.13. The van der Waals surface area contributed by atoms with E-state index in [1.165, 1.54) is 0 Å². The number of allylic oxidation sites excluding steroid dienone is 1. The quantitative estimate of drug-likeness (QED) is 0.849. The first-order chi connectivity index (χ1) is 9.20. The number of halogens is 1. The van der Waals surface area contributed by atoms with Crippen LogP contribution in [-0.4, -0.2) is 23.0 Å². The fourth-order valence-corrected chi connectivity index (χ4v) is 3.28. The molecule has 100 valence electrons. The van der Waals surface area contributed by atoms with Crippen molar-refractivity contribution in [2.75, 3.05) is 0 Å². The van der Waals surface area contributed by atoms with Gasteiger partial charge in [0.1, 0.15) is 0 Å². The van der Waals surface area contributed by atoms with Crippen molar-refractivity contribution in [3.05, 3.63) is 46.5 Å². The molecule has 1 aromatic carbocycles. The van der Waals surface area contributed by atoms with Gasteiger partial charge in [0, 0.05) is 22.0 Å². The van der Waals surface area contributed by atoms with Crippen molar-refractivity contribution in [2.45, 2.75) is 31.8 Å². The van der Waals surface area contributed by atoms with Gasteiger partial charge in [-0.2, -0.15) is 0 Å². The van der Waals surface area contributed by atoms with E-state index in [0.29, 0.717) is 12.0 Å². The smallest absolute Gasteiger partial charge is 0.268 e. The minimum absolute atomic E-state index is 0.0602. The third-order valence-electron chi connectivity index (χ3n) is 4.05. The number of benzene rings is 1. The summed E-state index contributed by atoms with van der Waals surface area (Å²) in [5, 5.41) is 1.81. The highest BCUT2D eigenvalue weighted by atomic mass is 79.9. The summed E-state index contributed by atoms with van der Waals surface area (Å²) in [5.41, 5.74) is 4.10. The Kier molecular flexibility index (Phi) is 3.46. The lowest BCUT2D eigenvalue weighted by Crippen LogP contribution is -2.43. The average molecular weight is 321 g/mol. The number of nitrogens with zero attached hydrogens (tertiary/aromatic N) is 1. The maximum Gasteiger partial charge on any atom is 0.268 e. The summed E-state index contributed by atoms with van der Waals surface area (Å²) in [6.07, 6.45) is 6.47. The van der Waals surface area contributed by atoms with Crippen LogP contribution in [0.2, 0.25) is 0 Å². The van der Waals surface area contributed by atoms with Gasteiger partial charge < -0.3 is 0 Å². The molecule has 1 N–H and O–H groups in total. The summed E-state index contributed by atoms with van der Waals surface area (Å²) in [6.45, 7) is 2.17. The van der Waals surface area contributed by atoms with Gasteiger partial charge in [-0.05, 0) is 37.1 Å². The van der Waals surface area contributed by atoms with Crippen LogP contribution in [0.15, 0.2) is 40.9 Å². The number of rotatable bonds is 2. The van der Waals surface area contributed by atoms with Crippen LogP contribution in [0.25, 0.3) is 0 Å². The van der Waals surface area contributed by atoms with E-state index in [4.69, 9.17) is 0 Å². The van der Waals surface area contributed by atoms with Crippen LogP contribution in [0.1, 0.15) is 30.1 Å². The van der Waals surface area contributed by atoms with Crippen LogP contribution < -0.4 is 5.43 Å². The first kappa shape index (κ1) is 12.9. The zero-order valence-corrected chi connectivity index (χ0v) is 12.4. The Morgan fingerprint density at radius 3 is 2.84 bits per heavy atom. The highest BCUT2D eigenvalue weighted by Crippen LogP contribution is 2.33. The number of amides is 1. The highest BCUT2D eigenvalue weighted by molar-refractivity contribution is 9.10. The summed E-state index contributed by atoms with van der Waals surface area (Å²) in [7, 11) is 0. The van der Waals surface area contributed by atoms with E-state index < -0.39 is 0 Å². The molecule has 0 unspecified atom stereocenters. The highest BCUT2D eigenvalue weighted by Gasteiger charge is 2.43. The Morgan fingerprint density at radius 2 is 2.16 bits per heavy atom. The van der Waals surface area contributed by atoms with Crippen LogP contribution >= 0.6 is 15.9 Å². The van der Waals surface area contributed by atoms with Crippen molar-refractivity contribution in [1.29, 1.82) is 0 Å². The molecule has 1 saturated heterocycles. The normalized spacial score (nSPS) is 28.7. The first-order valence-corrected chi connectivity index (χ1v) is 7.52. The Labute approximate surface area is 121 Å². The van der Waals surface area contributed by atoms with Crippen LogP contribution in [0.3, 0.4) is 0 Å². The molecule has 0 bridgehead atoms. The molecule has 4 heteroatoms. The van der Waals surface area contributed by atoms with Gasteiger partial charge in [-0.3, -0.25) is 9.80 Å². The van der Waals surface area contributed by atoms with Crippen molar-refractivity contribution in [3.8, 4) is 0 Å². The zero-order valence-electron chi connectivity index (χ0n) is 10.8. The lowest BCUT2D eigenvalue weighted by molar-refractivity contribution is 0.0668. The van der Waals surface area contributed by atoms with Crippen molar-refractivity contribution in [2.24, 2.45) is 5.92 Å². The van der Waals surface area contributed by atoms with Gasteiger partial charge in [0.15, 0.2) is 0 Å². The molecular formula is C15H17BrN2O. The molecule has 0 spiro atoms. The number of nitrogens with one attached hydrogen (secondary N) is 1. The van der Waals surface area contributed by atoms with Gasteiger partial charge in [0.2, 0.25) is 0 Å². The van der Waals surface area contributed by atoms with E-state index in [-0.39, 0.29) is 11.9 Å². The Balaban J connectivity index is 1.84. The summed E-state index contributed by atoms with van der Waals surface area (Å²) < 4.78 is 0.989. The Bertz CT molecular complexity index is 511.